The third kappa shape index (κ3) is 5.60. The fourth-order valence-corrected chi connectivity index (χ4v) is 2.83. The van der Waals surface area contributed by atoms with Crippen LogP contribution in [0.25, 0.3) is 0 Å². The van der Waals surface area contributed by atoms with Crippen LogP contribution in [0.15, 0.2) is 47.1 Å². The molecule has 2 unspecified atom stereocenters. The summed E-state index contributed by atoms with van der Waals surface area (Å²) in [5.41, 5.74) is 0.473. The van der Waals surface area contributed by atoms with Crippen molar-refractivity contribution in [1.29, 1.82) is 0 Å². The number of carbonyl (C=O) groups is 2. The van der Waals surface area contributed by atoms with Crippen LogP contribution in [0.4, 0.5) is 0 Å². The first-order valence-corrected chi connectivity index (χ1v) is 9.26. The average Bonchev–Trinajstić information content (AvgIpc) is 3.19. The molecule has 152 valence electrons. The van der Waals surface area contributed by atoms with Crippen molar-refractivity contribution in [3.05, 3.63) is 54.0 Å². The number of hydrogen-bond acceptors (Lipinski definition) is 5. The second-order valence-corrected chi connectivity index (χ2v) is 7.16. The minimum absolute atomic E-state index is 0.0661. The molecular formula is C21H29N3O4. The SMILES string of the molecule is COc1ccc(C(=O)NC(C(=O)NCC(c2ccco2)N(C)C)C(C)C)cc1. The fourth-order valence-electron chi connectivity index (χ4n) is 2.83. The summed E-state index contributed by atoms with van der Waals surface area (Å²) in [4.78, 5) is 27.3. The van der Waals surface area contributed by atoms with E-state index in [1.807, 2.05) is 45.0 Å². The molecule has 0 saturated heterocycles. The van der Waals surface area contributed by atoms with E-state index in [9.17, 15) is 9.59 Å². The summed E-state index contributed by atoms with van der Waals surface area (Å²) in [6, 6.07) is 9.72. The van der Waals surface area contributed by atoms with E-state index in [0.29, 0.717) is 17.9 Å². The number of furan rings is 1. The van der Waals surface area contributed by atoms with E-state index in [0.717, 1.165) is 5.76 Å². The lowest BCUT2D eigenvalue weighted by Crippen LogP contribution is -2.51. The number of nitrogens with zero attached hydrogens (tertiary/aromatic N) is 1. The predicted molar refractivity (Wildman–Crippen MR) is 107 cm³/mol. The van der Waals surface area contributed by atoms with Gasteiger partial charge in [-0.3, -0.25) is 14.5 Å². The van der Waals surface area contributed by atoms with Crippen LogP contribution in [-0.2, 0) is 4.79 Å². The van der Waals surface area contributed by atoms with Gasteiger partial charge in [0.05, 0.1) is 19.4 Å². The second kappa shape index (κ2) is 9.94. The molecule has 28 heavy (non-hydrogen) atoms. The predicted octanol–water partition coefficient (Wildman–Crippen LogP) is 2.46. The minimum atomic E-state index is -0.644. The minimum Gasteiger partial charge on any atom is -0.497 e. The van der Waals surface area contributed by atoms with Crippen LogP contribution in [0.2, 0.25) is 0 Å². The number of nitrogens with one attached hydrogen (secondary N) is 2. The maximum Gasteiger partial charge on any atom is 0.251 e. The zero-order chi connectivity index (χ0) is 20.7. The van der Waals surface area contributed by atoms with Crippen LogP contribution in [-0.4, -0.2) is 50.5 Å². The van der Waals surface area contributed by atoms with Crippen LogP contribution in [0.1, 0.15) is 36.0 Å². The molecule has 2 rings (SSSR count). The Morgan fingerprint density at radius 1 is 1.14 bits per heavy atom. The van der Waals surface area contributed by atoms with Gasteiger partial charge in [0.2, 0.25) is 5.91 Å². The maximum absolute atomic E-state index is 12.8. The van der Waals surface area contributed by atoms with Gasteiger partial charge in [-0.25, -0.2) is 0 Å². The molecule has 0 fully saturated rings. The van der Waals surface area contributed by atoms with E-state index in [1.54, 1.807) is 37.6 Å². The fraction of sp³-hybridized carbons (Fsp3) is 0.429. The molecule has 7 heteroatoms. The van der Waals surface area contributed by atoms with Gasteiger partial charge in [0.15, 0.2) is 0 Å². The maximum atomic E-state index is 12.8. The number of amides is 2. The Hall–Kier alpha value is -2.80. The third-order valence-corrected chi connectivity index (χ3v) is 4.55. The summed E-state index contributed by atoms with van der Waals surface area (Å²) in [5.74, 6) is 0.849. The number of benzene rings is 1. The van der Waals surface area contributed by atoms with Crippen molar-refractivity contribution in [2.45, 2.75) is 25.9 Å². The highest BCUT2D eigenvalue weighted by Crippen LogP contribution is 2.18. The molecule has 7 nitrogen and oxygen atoms in total. The van der Waals surface area contributed by atoms with E-state index >= 15 is 0 Å². The van der Waals surface area contributed by atoms with Gasteiger partial charge in [0.25, 0.3) is 5.91 Å². The zero-order valence-corrected chi connectivity index (χ0v) is 17.1. The molecule has 0 aliphatic heterocycles. The Morgan fingerprint density at radius 2 is 1.82 bits per heavy atom. The Balaban J connectivity index is 2.01. The van der Waals surface area contributed by atoms with Crippen LogP contribution in [0, 0.1) is 5.92 Å². The van der Waals surface area contributed by atoms with Gasteiger partial charge < -0.3 is 19.8 Å². The molecule has 0 spiro atoms. The number of ether oxygens (including phenoxy) is 1. The van der Waals surface area contributed by atoms with E-state index in [1.165, 1.54) is 0 Å². The van der Waals surface area contributed by atoms with Gasteiger partial charge in [0, 0.05) is 12.1 Å². The van der Waals surface area contributed by atoms with E-state index in [2.05, 4.69) is 10.6 Å². The first kappa shape index (κ1) is 21.5. The van der Waals surface area contributed by atoms with Gasteiger partial charge in [-0.05, 0) is 56.4 Å². The van der Waals surface area contributed by atoms with Gasteiger partial charge >= 0.3 is 0 Å². The molecular weight excluding hydrogens is 358 g/mol. The molecule has 1 aromatic carbocycles. The highest BCUT2D eigenvalue weighted by atomic mass is 16.5. The molecule has 0 aliphatic carbocycles. The van der Waals surface area contributed by atoms with Crippen molar-refractivity contribution in [1.82, 2.24) is 15.5 Å². The number of carbonyl (C=O) groups excluding carboxylic acids is 2. The molecule has 0 bridgehead atoms. The van der Waals surface area contributed by atoms with Gasteiger partial charge in [0.1, 0.15) is 17.6 Å². The summed E-state index contributed by atoms with van der Waals surface area (Å²) in [6.07, 6.45) is 1.61. The first-order valence-electron chi connectivity index (χ1n) is 9.26. The van der Waals surface area contributed by atoms with Crippen LogP contribution >= 0.6 is 0 Å². The lowest BCUT2D eigenvalue weighted by atomic mass is 10.0. The molecule has 1 heterocycles. The van der Waals surface area contributed by atoms with Gasteiger partial charge in [-0.1, -0.05) is 13.8 Å². The molecule has 0 radical (unpaired) electrons. The quantitative estimate of drug-likeness (QED) is 0.691. The molecule has 2 amide bonds. The van der Waals surface area contributed by atoms with Crippen LogP contribution in [0.5, 0.6) is 5.75 Å². The van der Waals surface area contributed by atoms with Crippen LogP contribution in [0.3, 0.4) is 0 Å². The lowest BCUT2D eigenvalue weighted by Gasteiger charge is -2.26. The summed E-state index contributed by atoms with van der Waals surface area (Å²) >= 11 is 0. The second-order valence-electron chi connectivity index (χ2n) is 7.16. The Bertz CT molecular complexity index is 754. The Kier molecular flexibility index (Phi) is 7.63. The van der Waals surface area contributed by atoms with Crippen molar-refractivity contribution < 1.29 is 18.7 Å². The van der Waals surface area contributed by atoms with E-state index in [-0.39, 0.29) is 23.8 Å². The molecule has 2 atom stereocenters. The van der Waals surface area contributed by atoms with E-state index in [4.69, 9.17) is 9.15 Å². The highest BCUT2D eigenvalue weighted by molar-refractivity contribution is 5.97. The highest BCUT2D eigenvalue weighted by Gasteiger charge is 2.26. The third-order valence-electron chi connectivity index (χ3n) is 4.55. The first-order chi connectivity index (χ1) is 13.3. The van der Waals surface area contributed by atoms with Gasteiger partial charge in [-0.15, -0.1) is 0 Å². The standard InChI is InChI=1S/C21H29N3O4/c1-14(2)19(23-20(25)15-8-10-16(27-5)11-9-15)21(26)22-13-17(24(3)4)18-7-6-12-28-18/h6-12,14,17,19H,13H2,1-5H3,(H,22,26)(H,23,25). The topological polar surface area (TPSA) is 83.8 Å². The van der Waals surface area contributed by atoms with Crippen molar-refractivity contribution in [3.8, 4) is 5.75 Å². The number of hydrogen-bond donors (Lipinski definition) is 2. The largest absolute Gasteiger partial charge is 0.497 e. The molecule has 0 aliphatic rings. The molecule has 2 aromatic rings. The molecule has 2 N–H and O–H groups in total. The van der Waals surface area contributed by atoms with Crippen molar-refractivity contribution in [3.63, 3.8) is 0 Å². The lowest BCUT2D eigenvalue weighted by molar-refractivity contribution is -0.124. The van der Waals surface area contributed by atoms with Gasteiger partial charge in [-0.2, -0.15) is 0 Å². The summed E-state index contributed by atoms with van der Waals surface area (Å²) in [6.45, 7) is 4.17. The van der Waals surface area contributed by atoms with Crippen molar-refractivity contribution in [2.24, 2.45) is 5.92 Å². The number of likely N-dealkylation sites (N-methyl/N-ethyl adjacent to an activating group) is 1. The summed E-state index contributed by atoms with van der Waals surface area (Å²) in [7, 11) is 5.41. The smallest absolute Gasteiger partial charge is 0.251 e. The molecule has 0 saturated carbocycles. The number of methoxy groups -OCH3 is 1. The Morgan fingerprint density at radius 3 is 2.32 bits per heavy atom. The monoisotopic (exact) mass is 387 g/mol. The van der Waals surface area contributed by atoms with Crippen molar-refractivity contribution in [2.75, 3.05) is 27.7 Å². The van der Waals surface area contributed by atoms with E-state index < -0.39 is 6.04 Å². The summed E-state index contributed by atoms with van der Waals surface area (Å²) in [5, 5.41) is 5.76. The average molecular weight is 387 g/mol. The van der Waals surface area contributed by atoms with Crippen molar-refractivity contribution >= 4 is 11.8 Å². The zero-order valence-electron chi connectivity index (χ0n) is 17.1. The normalized spacial score (nSPS) is 13.2. The molecule has 1 aromatic heterocycles. The number of rotatable bonds is 9. The Labute approximate surface area is 166 Å². The summed E-state index contributed by atoms with van der Waals surface area (Å²) < 4.78 is 10.6. The van der Waals surface area contributed by atoms with Crippen LogP contribution < -0.4 is 15.4 Å².